The molecular weight excluding hydrogens is 286 g/mol. The normalized spacial score (nSPS) is 19.3. The number of aromatic nitrogens is 2. The first-order chi connectivity index (χ1) is 10.0. The number of nitrogens with zero attached hydrogens (tertiary/aromatic N) is 3. The molecule has 1 aromatic carbocycles. The van der Waals surface area contributed by atoms with E-state index in [4.69, 9.17) is 21.6 Å². The number of halogens is 1. The van der Waals surface area contributed by atoms with Crippen LogP contribution in [-0.2, 0) is 10.3 Å². The zero-order valence-electron chi connectivity index (χ0n) is 12.3. The van der Waals surface area contributed by atoms with Gasteiger partial charge in [-0.1, -0.05) is 0 Å². The third-order valence-electron chi connectivity index (χ3n) is 4.28. The second kappa shape index (κ2) is 5.32. The van der Waals surface area contributed by atoms with Crippen LogP contribution in [0, 0.1) is 11.3 Å². The lowest BCUT2D eigenvalue weighted by atomic mass is 9.91. The van der Waals surface area contributed by atoms with E-state index in [1.165, 1.54) is 0 Å². The van der Waals surface area contributed by atoms with E-state index in [1.807, 2.05) is 19.1 Å². The van der Waals surface area contributed by atoms with Crippen molar-refractivity contribution in [3.63, 3.8) is 0 Å². The van der Waals surface area contributed by atoms with Crippen molar-refractivity contribution in [2.24, 2.45) is 0 Å². The molecule has 0 radical (unpaired) electrons. The minimum atomic E-state index is -0.178. The molecule has 110 valence electrons. The summed E-state index contributed by atoms with van der Waals surface area (Å²) in [6.07, 6.45) is 1.84. The van der Waals surface area contributed by atoms with Gasteiger partial charge in [-0.25, -0.2) is 4.98 Å². The summed E-state index contributed by atoms with van der Waals surface area (Å²) in [6, 6.07) is 7.81. The summed E-state index contributed by atoms with van der Waals surface area (Å²) in [5, 5.41) is 8.97. The lowest BCUT2D eigenvalue weighted by Crippen LogP contribution is -2.37. The lowest BCUT2D eigenvalue weighted by molar-refractivity contribution is 0.0300. The van der Waals surface area contributed by atoms with E-state index in [1.54, 1.807) is 6.07 Å². The van der Waals surface area contributed by atoms with E-state index < -0.39 is 0 Å². The Balaban J connectivity index is 2.26. The van der Waals surface area contributed by atoms with Gasteiger partial charge in [-0.05, 0) is 44.9 Å². The molecule has 3 rings (SSSR count). The third-order valence-corrected chi connectivity index (χ3v) is 4.47. The Morgan fingerprint density at radius 2 is 2.14 bits per heavy atom. The fraction of sp³-hybridized carbons (Fsp3) is 0.500. The standard InChI is InChI=1S/C16H18ClN3O/c1-11(17)15-19-13-4-3-12(10-18)9-14(13)20(15)16(2)5-7-21-8-6-16/h3-4,9,11H,5-8H2,1-2H3. The number of rotatable bonds is 2. The SMILES string of the molecule is CC(Cl)c1nc2ccc(C#N)cc2n1C1(C)CCOCC1. The third kappa shape index (κ3) is 2.41. The highest BCUT2D eigenvalue weighted by molar-refractivity contribution is 6.20. The number of hydrogen-bond acceptors (Lipinski definition) is 3. The predicted molar refractivity (Wildman–Crippen MR) is 82.4 cm³/mol. The van der Waals surface area contributed by atoms with Crippen LogP contribution in [-0.4, -0.2) is 22.8 Å². The van der Waals surface area contributed by atoms with Gasteiger partial charge in [0.05, 0.1) is 28.0 Å². The summed E-state index contributed by atoms with van der Waals surface area (Å²) < 4.78 is 7.73. The van der Waals surface area contributed by atoms with Crippen LogP contribution in [0.2, 0.25) is 0 Å². The number of alkyl halides is 1. The molecule has 1 aliphatic heterocycles. The zero-order valence-corrected chi connectivity index (χ0v) is 13.0. The molecule has 4 nitrogen and oxygen atoms in total. The van der Waals surface area contributed by atoms with E-state index >= 15 is 0 Å². The van der Waals surface area contributed by atoms with Crippen LogP contribution < -0.4 is 0 Å². The molecule has 0 bridgehead atoms. The Morgan fingerprint density at radius 3 is 2.76 bits per heavy atom. The molecule has 2 aromatic rings. The van der Waals surface area contributed by atoms with Gasteiger partial charge in [-0.2, -0.15) is 5.26 Å². The minimum Gasteiger partial charge on any atom is -0.381 e. The van der Waals surface area contributed by atoms with Gasteiger partial charge in [0.15, 0.2) is 0 Å². The number of nitriles is 1. The van der Waals surface area contributed by atoms with E-state index in [0.717, 1.165) is 42.9 Å². The molecule has 1 fully saturated rings. The van der Waals surface area contributed by atoms with Crippen LogP contribution in [0.4, 0.5) is 0 Å². The Morgan fingerprint density at radius 1 is 1.43 bits per heavy atom. The van der Waals surface area contributed by atoms with Gasteiger partial charge in [-0.15, -0.1) is 11.6 Å². The molecule has 0 amide bonds. The smallest absolute Gasteiger partial charge is 0.128 e. The van der Waals surface area contributed by atoms with E-state index in [9.17, 15) is 0 Å². The molecular formula is C16H18ClN3O. The topological polar surface area (TPSA) is 50.8 Å². The molecule has 5 heteroatoms. The number of ether oxygens (including phenoxy) is 1. The van der Waals surface area contributed by atoms with Crippen LogP contribution >= 0.6 is 11.6 Å². The summed E-state index contributed by atoms with van der Waals surface area (Å²) >= 11 is 6.36. The first-order valence-electron chi connectivity index (χ1n) is 7.20. The van der Waals surface area contributed by atoms with Crippen molar-refractivity contribution in [3.8, 4) is 6.07 Å². The van der Waals surface area contributed by atoms with Crippen LogP contribution in [0.25, 0.3) is 11.0 Å². The molecule has 0 saturated carbocycles. The fourth-order valence-electron chi connectivity index (χ4n) is 3.03. The summed E-state index contributed by atoms with van der Waals surface area (Å²) in [5.74, 6) is 0.867. The van der Waals surface area contributed by atoms with Crippen molar-refractivity contribution in [1.82, 2.24) is 9.55 Å². The molecule has 21 heavy (non-hydrogen) atoms. The second-order valence-electron chi connectivity index (χ2n) is 5.85. The Hall–Kier alpha value is -1.57. The molecule has 2 heterocycles. The number of benzene rings is 1. The molecule has 1 aliphatic rings. The highest BCUT2D eigenvalue weighted by Crippen LogP contribution is 2.36. The summed E-state index contributed by atoms with van der Waals surface area (Å²) in [7, 11) is 0. The largest absolute Gasteiger partial charge is 0.381 e. The van der Waals surface area contributed by atoms with Gasteiger partial charge >= 0.3 is 0 Å². The van der Waals surface area contributed by atoms with Gasteiger partial charge in [0.1, 0.15) is 5.82 Å². The molecule has 1 aromatic heterocycles. The maximum atomic E-state index is 9.15. The summed E-state index contributed by atoms with van der Waals surface area (Å²) in [4.78, 5) is 4.69. The molecule has 1 saturated heterocycles. The van der Waals surface area contributed by atoms with Crippen molar-refractivity contribution in [2.75, 3.05) is 13.2 Å². The molecule has 0 spiro atoms. The van der Waals surface area contributed by atoms with Gasteiger partial charge in [0, 0.05) is 18.8 Å². The van der Waals surface area contributed by atoms with Crippen LogP contribution in [0.3, 0.4) is 0 Å². The first kappa shape index (κ1) is 14.4. The van der Waals surface area contributed by atoms with E-state index in [2.05, 4.69) is 22.5 Å². The van der Waals surface area contributed by atoms with Crippen molar-refractivity contribution in [2.45, 2.75) is 37.6 Å². The van der Waals surface area contributed by atoms with Crippen molar-refractivity contribution >= 4 is 22.6 Å². The van der Waals surface area contributed by atoms with Crippen LogP contribution in [0.15, 0.2) is 18.2 Å². The summed E-state index contributed by atoms with van der Waals surface area (Å²) in [6.45, 7) is 5.64. The van der Waals surface area contributed by atoms with Crippen LogP contribution in [0.1, 0.15) is 43.5 Å². The Kier molecular flexibility index (Phi) is 3.64. The maximum Gasteiger partial charge on any atom is 0.128 e. The Labute approximate surface area is 129 Å². The van der Waals surface area contributed by atoms with Gasteiger partial charge in [0.25, 0.3) is 0 Å². The predicted octanol–water partition coefficient (Wildman–Crippen LogP) is 3.73. The van der Waals surface area contributed by atoms with Gasteiger partial charge in [0.2, 0.25) is 0 Å². The second-order valence-corrected chi connectivity index (χ2v) is 6.50. The average molecular weight is 304 g/mol. The van der Waals surface area contributed by atoms with E-state index in [0.29, 0.717) is 5.56 Å². The molecule has 1 atom stereocenters. The lowest BCUT2D eigenvalue weighted by Gasteiger charge is -2.37. The van der Waals surface area contributed by atoms with Crippen molar-refractivity contribution in [1.29, 1.82) is 5.26 Å². The quantitative estimate of drug-likeness (QED) is 0.794. The van der Waals surface area contributed by atoms with Gasteiger partial charge < -0.3 is 9.30 Å². The van der Waals surface area contributed by atoms with Gasteiger partial charge in [-0.3, -0.25) is 0 Å². The fourth-order valence-corrected chi connectivity index (χ4v) is 3.18. The number of fused-ring (bicyclic) bond motifs is 1. The van der Waals surface area contributed by atoms with Crippen LogP contribution in [0.5, 0.6) is 0 Å². The number of hydrogen-bond donors (Lipinski definition) is 0. The Bertz CT molecular complexity index is 708. The van der Waals surface area contributed by atoms with Crippen molar-refractivity contribution < 1.29 is 4.74 Å². The molecule has 0 aliphatic carbocycles. The first-order valence-corrected chi connectivity index (χ1v) is 7.63. The van der Waals surface area contributed by atoms with E-state index in [-0.39, 0.29) is 10.9 Å². The summed E-state index contributed by atoms with van der Waals surface area (Å²) in [5.41, 5.74) is 2.46. The molecule has 0 N–H and O–H groups in total. The highest BCUT2D eigenvalue weighted by atomic mass is 35.5. The monoisotopic (exact) mass is 303 g/mol. The minimum absolute atomic E-state index is 0.0699. The zero-order chi connectivity index (χ0) is 15.0. The average Bonchev–Trinajstić information content (AvgIpc) is 2.87. The van der Waals surface area contributed by atoms with Crippen molar-refractivity contribution in [3.05, 3.63) is 29.6 Å². The number of imidazole rings is 1. The molecule has 1 unspecified atom stereocenters. The maximum absolute atomic E-state index is 9.15. The highest BCUT2D eigenvalue weighted by Gasteiger charge is 2.33.